The molecule has 0 bridgehead atoms. The van der Waals surface area contributed by atoms with Crippen molar-refractivity contribution in [2.75, 3.05) is 19.7 Å². The number of aromatic nitrogens is 4. The molecule has 3 rings (SSSR count). The Hall–Kier alpha value is -2.81. The third kappa shape index (κ3) is 4.00. The van der Waals surface area contributed by atoms with E-state index in [-0.39, 0.29) is 18.9 Å². The van der Waals surface area contributed by atoms with Gasteiger partial charge in [0, 0.05) is 18.7 Å². The lowest BCUT2D eigenvalue weighted by atomic mass is 10.2. The van der Waals surface area contributed by atoms with Gasteiger partial charge in [0.15, 0.2) is 0 Å². The van der Waals surface area contributed by atoms with Crippen molar-refractivity contribution >= 4 is 11.9 Å². The summed E-state index contributed by atoms with van der Waals surface area (Å²) in [5.74, 6) is -0.681. The van der Waals surface area contributed by atoms with Gasteiger partial charge in [0.05, 0.1) is 19.1 Å². The predicted octanol–water partition coefficient (Wildman–Crippen LogP) is 0.603. The van der Waals surface area contributed by atoms with Crippen LogP contribution in [-0.2, 0) is 14.3 Å². The highest BCUT2D eigenvalue weighted by molar-refractivity contribution is 5.80. The minimum atomic E-state index is -0.946. The average molecular weight is 345 g/mol. The Morgan fingerprint density at radius 2 is 2.12 bits per heavy atom. The minimum Gasteiger partial charge on any atom is -0.481 e. The highest BCUT2D eigenvalue weighted by atomic mass is 16.5. The molecule has 0 radical (unpaired) electrons. The van der Waals surface area contributed by atoms with Crippen molar-refractivity contribution < 1.29 is 19.4 Å². The van der Waals surface area contributed by atoms with Gasteiger partial charge in [0.2, 0.25) is 11.7 Å². The molecule has 0 saturated carbocycles. The minimum absolute atomic E-state index is 0.127. The van der Waals surface area contributed by atoms with Crippen LogP contribution in [0.1, 0.15) is 19.4 Å². The molecule has 1 saturated heterocycles. The second-order valence-electron chi connectivity index (χ2n) is 5.85. The Balaban J connectivity index is 1.68. The first-order valence-corrected chi connectivity index (χ1v) is 8.01. The molecule has 25 heavy (non-hydrogen) atoms. The number of benzene rings is 1. The van der Waals surface area contributed by atoms with Crippen molar-refractivity contribution in [1.82, 2.24) is 25.1 Å². The Kier molecular flexibility index (Phi) is 5.03. The molecule has 2 atom stereocenters. The molecule has 1 aliphatic rings. The molecule has 1 aromatic carbocycles. The standard InChI is InChI=1S/C16H19N5O4/c1-11(16(24)20-7-8-25-13(10-20)9-14(22)23)21-18-15(17-19-21)12-5-3-2-4-6-12/h2-6,11,13H,7-10H2,1H3,(H,22,23). The molecule has 9 nitrogen and oxygen atoms in total. The van der Waals surface area contributed by atoms with Crippen LogP contribution < -0.4 is 0 Å². The van der Waals surface area contributed by atoms with E-state index >= 15 is 0 Å². The number of tetrazole rings is 1. The quantitative estimate of drug-likeness (QED) is 0.845. The van der Waals surface area contributed by atoms with Gasteiger partial charge in [-0.3, -0.25) is 9.59 Å². The molecular formula is C16H19N5O4. The van der Waals surface area contributed by atoms with Crippen molar-refractivity contribution in [1.29, 1.82) is 0 Å². The van der Waals surface area contributed by atoms with E-state index in [0.717, 1.165) is 5.56 Å². The number of carboxylic acids is 1. The molecule has 1 N–H and O–H groups in total. The number of hydrogen-bond donors (Lipinski definition) is 1. The number of nitrogens with zero attached hydrogens (tertiary/aromatic N) is 5. The largest absolute Gasteiger partial charge is 0.481 e. The number of morpholine rings is 1. The van der Waals surface area contributed by atoms with E-state index in [2.05, 4.69) is 15.4 Å². The molecule has 0 aliphatic carbocycles. The molecule has 0 spiro atoms. The van der Waals surface area contributed by atoms with Crippen LogP contribution in [-0.4, -0.2) is 67.9 Å². The van der Waals surface area contributed by atoms with Crippen LogP contribution in [0.5, 0.6) is 0 Å². The second kappa shape index (κ2) is 7.39. The number of carbonyl (C=O) groups is 2. The van der Waals surface area contributed by atoms with Crippen LogP contribution in [0.3, 0.4) is 0 Å². The lowest BCUT2D eigenvalue weighted by molar-refractivity contribution is -0.149. The summed E-state index contributed by atoms with van der Waals surface area (Å²) in [4.78, 5) is 26.4. The van der Waals surface area contributed by atoms with Gasteiger partial charge >= 0.3 is 5.97 Å². The van der Waals surface area contributed by atoms with Crippen LogP contribution in [0.25, 0.3) is 11.4 Å². The molecule has 2 heterocycles. The number of hydrogen-bond acceptors (Lipinski definition) is 6. The molecule has 1 aliphatic heterocycles. The number of carbonyl (C=O) groups excluding carboxylic acids is 1. The van der Waals surface area contributed by atoms with Gasteiger partial charge in [-0.2, -0.15) is 4.80 Å². The maximum absolute atomic E-state index is 12.7. The van der Waals surface area contributed by atoms with E-state index < -0.39 is 18.1 Å². The molecular weight excluding hydrogens is 326 g/mol. The van der Waals surface area contributed by atoms with Crippen molar-refractivity contribution in [3.63, 3.8) is 0 Å². The fourth-order valence-corrected chi connectivity index (χ4v) is 2.69. The summed E-state index contributed by atoms with van der Waals surface area (Å²) in [6, 6.07) is 8.75. The zero-order valence-corrected chi connectivity index (χ0v) is 13.8. The van der Waals surface area contributed by atoms with Crippen LogP contribution in [0.4, 0.5) is 0 Å². The molecule has 2 unspecified atom stereocenters. The van der Waals surface area contributed by atoms with E-state index in [4.69, 9.17) is 9.84 Å². The number of rotatable bonds is 5. The highest BCUT2D eigenvalue weighted by Crippen LogP contribution is 2.16. The first-order valence-electron chi connectivity index (χ1n) is 8.01. The van der Waals surface area contributed by atoms with Gasteiger partial charge < -0.3 is 14.7 Å². The van der Waals surface area contributed by atoms with E-state index in [1.807, 2.05) is 30.3 Å². The summed E-state index contributed by atoms with van der Waals surface area (Å²) in [5.41, 5.74) is 0.821. The van der Waals surface area contributed by atoms with E-state index in [0.29, 0.717) is 19.0 Å². The smallest absolute Gasteiger partial charge is 0.306 e. The van der Waals surface area contributed by atoms with Crippen molar-refractivity contribution in [2.24, 2.45) is 0 Å². The van der Waals surface area contributed by atoms with Gasteiger partial charge in [-0.25, -0.2) is 0 Å². The monoisotopic (exact) mass is 345 g/mol. The number of aliphatic carboxylic acids is 1. The predicted molar refractivity (Wildman–Crippen MR) is 86.5 cm³/mol. The summed E-state index contributed by atoms with van der Waals surface area (Å²) in [6.45, 7) is 2.67. The Morgan fingerprint density at radius 1 is 1.36 bits per heavy atom. The molecule has 132 valence electrons. The zero-order valence-electron chi connectivity index (χ0n) is 13.8. The lowest BCUT2D eigenvalue weighted by Crippen LogP contribution is -2.48. The summed E-state index contributed by atoms with van der Waals surface area (Å²) in [7, 11) is 0. The third-order valence-corrected chi connectivity index (χ3v) is 4.02. The highest BCUT2D eigenvalue weighted by Gasteiger charge is 2.30. The summed E-state index contributed by atoms with van der Waals surface area (Å²) in [5, 5.41) is 21.1. The SMILES string of the molecule is CC(C(=O)N1CCOC(CC(=O)O)C1)n1nnc(-c2ccccc2)n1. The topological polar surface area (TPSA) is 110 Å². The van der Waals surface area contributed by atoms with E-state index in [1.165, 1.54) is 4.80 Å². The fourth-order valence-electron chi connectivity index (χ4n) is 2.69. The van der Waals surface area contributed by atoms with Gasteiger partial charge in [-0.1, -0.05) is 30.3 Å². The van der Waals surface area contributed by atoms with E-state index in [9.17, 15) is 9.59 Å². The normalized spacial score (nSPS) is 18.8. The van der Waals surface area contributed by atoms with Crippen LogP contribution in [0.15, 0.2) is 30.3 Å². The number of amides is 1. The van der Waals surface area contributed by atoms with Crippen LogP contribution in [0, 0.1) is 0 Å². The van der Waals surface area contributed by atoms with Crippen LogP contribution >= 0.6 is 0 Å². The average Bonchev–Trinajstić information content (AvgIpc) is 3.11. The summed E-state index contributed by atoms with van der Waals surface area (Å²) < 4.78 is 5.39. The summed E-state index contributed by atoms with van der Waals surface area (Å²) in [6.07, 6.45) is -0.622. The van der Waals surface area contributed by atoms with Gasteiger partial charge in [-0.05, 0) is 12.1 Å². The Morgan fingerprint density at radius 3 is 2.84 bits per heavy atom. The zero-order chi connectivity index (χ0) is 17.8. The molecule has 9 heteroatoms. The number of ether oxygens (including phenoxy) is 1. The number of carboxylic acid groups (broad SMARTS) is 1. The van der Waals surface area contributed by atoms with Crippen LogP contribution in [0.2, 0.25) is 0 Å². The second-order valence-corrected chi connectivity index (χ2v) is 5.85. The molecule has 1 fully saturated rings. The van der Waals surface area contributed by atoms with Crippen molar-refractivity contribution in [2.45, 2.75) is 25.5 Å². The lowest BCUT2D eigenvalue weighted by Gasteiger charge is -2.33. The van der Waals surface area contributed by atoms with Gasteiger partial charge in [-0.15, -0.1) is 10.2 Å². The third-order valence-electron chi connectivity index (χ3n) is 4.02. The first kappa shape index (κ1) is 17.0. The van der Waals surface area contributed by atoms with Crippen molar-refractivity contribution in [3.05, 3.63) is 30.3 Å². The molecule has 1 aromatic heterocycles. The van der Waals surface area contributed by atoms with Crippen molar-refractivity contribution in [3.8, 4) is 11.4 Å². The molecule has 2 aromatic rings. The Labute approximate surface area is 144 Å². The van der Waals surface area contributed by atoms with E-state index in [1.54, 1.807) is 11.8 Å². The van der Waals surface area contributed by atoms with Gasteiger partial charge in [0.1, 0.15) is 6.04 Å². The maximum Gasteiger partial charge on any atom is 0.306 e. The molecule has 1 amide bonds. The maximum atomic E-state index is 12.7. The fraction of sp³-hybridized carbons (Fsp3) is 0.438. The van der Waals surface area contributed by atoms with Gasteiger partial charge in [0.25, 0.3) is 0 Å². The first-order chi connectivity index (χ1) is 12.0. The summed E-state index contributed by atoms with van der Waals surface area (Å²) >= 11 is 0. The Bertz CT molecular complexity index is 748.